The van der Waals surface area contributed by atoms with Crippen molar-refractivity contribution in [2.75, 3.05) is 19.6 Å². The molecule has 0 radical (unpaired) electrons. The van der Waals surface area contributed by atoms with Gasteiger partial charge in [-0.2, -0.15) is 0 Å². The van der Waals surface area contributed by atoms with Crippen molar-refractivity contribution in [2.45, 2.75) is 26.4 Å². The molecule has 0 bridgehead atoms. The van der Waals surface area contributed by atoms with Crippen molar-refractivity contribution >= 4 is 22.5 Å². The molecule has 1 aromatic heterocycles. The van der Waals surface area contributed by atoms with Crippen LogP contribution in [0.2, 0.25) is 5.02 Å². The Hall–Kier alpha value is -1.16. The van der Waals surface area contributed by atoms with E-state index in [1.54, 1.807) is 0 Å². The molecule has 1 aromatic carbocycles. The molecule has 2 aromatic rings. The highest BCUT2D eigenvalue weighted by Gasteiger charge is 2.18. The van der Waals surface area contributed by atoms with Crippen LogP contribution in [0.25, 0.3) is 10.9 Å². The quantitative estimate of drug-likeness (QED) is 0.921. The zero-order chi connectivity index (χ0) is 14.1. The molecule has 1 saturated heterocycles. The number of fused-ring (bicyclic) bond motifs is 1. The molecule has 1 fully saturated rings. The first-order valence-corrected chi connectivity index (χ1v) is 7.52. The average molecular weight is 290 g/mol. The van der Waals surface area contributed by atoms with Gasteiger partial charge < -0.3 is 5.32 Å². The first kappa shape index (κ1) is 13.8. The van der Waals surface area contributed by atoms with E-state index < -0.39 is 0 Å². The zero-order valence-corrected chi connectivity index (χ0v) is 12.7. The molecule has 1 atom stereocenters. The molecule has 106 valence electrons. The first-order valence-electron chi connectivity index (χ1n) is 7.14. The predicted octanol–water partition coefficient (Wildman–Crippen LogP) is 2.99. The fraction of sp³-hybridized carbons (Fsp3) is 0.438. The summed E-state index contributed by atoms with van der Waals surface area (Å²) in [5.41, 5.74) is 3.17. The maximum absolute atomic E-state index is 6.52. The monoisotopic (exact) mass is 289 g/mol. The fourth-order valence-electron chi connectivity index (χ4n) is 2.89. The number of rotatable bonds is 2. The Morgan fingerprint density at radius 2 is 2.20 bits per heavy atom. The molecule has 0 amide bonds. The van der Waals surface area contributed by atoms with E-state index in [1.807, 2.05) is 12.1 Å². The number of aryl methyl sites for hydroxylation is 1. The van der Waals surface area contributed by atoms with Gasteiger partial charge in [0.25, 0.3) is 0 Å². The molecular formula is C16H20ClN3. The van der Waals surface area contributed by atoms with Crippen LogP contribution in [0.1, 0.15) is 18.2 Å². The Bertz CT molecular complexity index is 626. The minimum Gasteiger partial charge on any atom is -0.312 e. The summed E-state index contributed by atoms with van der Waals surface area (Å²) in [5, 5.41) is 5.42. The van der Waals surface area contributed by atoms with E-state index in [1.165, 1.54) is 0 Å². The SMILES string of the molecule is Cc1c(Cl)c(CN2CCN[C@@H](C)C2)nc2ccccc12. The molecule has 0 spiro atoms. The van der Waals surface area contributed by atoms with Crippen LogP contribution >= 0.6 is 11.6 Å². The number of piperazine rings is 1. The largest absolute Gasteiger partial charge is 0.312 e. The van der Waals surface area contributed by atoms with Crippen LogP contribution in [-0.2, 0) is 6.54 Å². The van der Waals surface area contributed by atoms with Gasteiger partial charge in [0, 0.05) is 37.6 Å². The van der Waals surface area contributed by atoms with Gasteiger partial charge in [-0.3, -0.25) is 4.90 Å². The van der Waals surface area contributed by atoms with Crippen molar-refractivity contribution in [3.8, 4) is 0 Å². The van der Waals surface area contributed by atoms with Gasteiger partial charge in [0.1, 0.15) is 0 Å². The lowest BCUT2D eigenvalue weighted by Crippen LogP contribution is -2.48. The second kappa shape index (κ2) is 5.68. The number of hydrogen-bond acceptors (Lipinski definition) is 3. The average Bonchev–Trinajstić information content (AvgIpc) is 2.45. The molecule has 20 heavy (non-hydrogen) atoms. The lowest BCUT2D eigenvalue weighted by Gasteiger charge is -2.31. The molecule has 0 saturated carbocycles. The molecule has 0 aliphatic carbocycles. The highest BCUT2D eigenvalue weighted by molar-refractivity contribution is 6.32. The topological polar surface area (TPSA) is 28.2 Å². The minimum absolute atomic E-state index is 0.532. The van der Waals surface area contributed by atoms with Gasteiger partial charge in [-0.15, -0.1) is 0 Å². The van der Waals surface area contributed by atoms with Crippen molar-refractivity contribution in [1.82, 2.24) is 15.2 Å². The van der Waals surface area contributed by atoms with Crippen LogP contribution < -0.4 is 5.32 Å². The van der Waals surface area contributed by atoms with Crippen LogP contribution in [0.15, 0.2) is 24.3 Å². The normalized spacial score (nSPS) is 20.4. The second-order valence-electron chi connectivity index (χ2n) is 5.60. The number of hydrogen-bond donors (Lipinski definition) is 1. The number of para-hydroxylation sites is 1. The number of halogens is 1. The highest BCUT2D eigenvalue weighted by Crippen LogP contribution is 2.27. The lowest BCUT2D eigenvalue weighted by atomic mass is 10.1. The van der Waals surface area contributed by atoms with Gasteiger partial charge >= 0.3 is 0 Å². The Balaban J connectivity index is 1.93. The minimum atomic E-state index is 0.532. The highest BCUT2D eigenvalue weighted by atomic mass is 35.5. The Morgan fingerprint density at radius 3 is 3.00 bits per heavy atom. The van der Waals surface area contributed by atoms with E-state index in [4.69, 9.17) is 16.6 Å². The van der Waals surface area contributed by atoms with E-state index in [0.29, 0.717) is 6.04 Å². The van der Waals surface area contributed by atoms with Gasteiger partial charge in [-0.25, -0.2) is 4.98 Å². The van der Waals surface area contributed by atoms with E-state index in [-0.39, 0.29) is 0 Å². The summed E-state index contributed by atoms with van der Waals surface area (Å²) in [5.74, 6) is 0. The van der Waals surface area contributed by atoms with Gasteiger partial charge in [-0.1, -0.05) is 29.8 Å². The smallest absolute Gasteiger partial charge is 0.0740 e. The Morgan fingerprint density at radius 1 is 1.40 bits per heavy atom. The van der Waals surface area contributed by atoms with E-state index in [0.717, 1.165) is 53.4 Å². The number of benzene rings is 1. The molecule has 1 N–H and O–H groups in total. The summed E-state index contributed by atoms with van der Waals surface area (Å²) < 4.78 is 0. The molecule has 2 heterocycles. The van der Waals surface area contributed by atoms with Crippen molar-refractivity contribution in [2.24, 2.45) is 0 Å². The molecule has 1 aliphatic rings. The van der Waals surface area contributed by atoms with Crippen molar-refractivity contribution in [1.29, 1.82) is 0 Å². The van der Waals surface area contributed by atoms with E-state index in [2.05, 4.69) is 36.2 Å². The van der Waals surface area contributed by atoms with Gasteiger partial charge in [0.15, 0.2) is 0 Å². The predicted molar refractivity (Wildman–Crippen MR) is 84.2 cm³/mol. The standard InChI is InChI=1S/C16H20ClN3/c1-11-9-20(8-7-18-11)10-15-16(17)12(2)13-5-3-4-6-14(13)19-15/h3-6,11,18H,7-10H2,1-2H3/t11-/m0/s1. The molecule has 1 aliphatic heterocycles. The summed E-state index contributed by atoms with van der Waals surface area (Å²) in [6, 6.07) is 8.73. The van der Waals surface area contributed by atoms with Crippen LogP contribution in [0, 0.1) is 6.92 Å². The number of pyridine rings is 1. The fourth-order valence-corrected chi connectivity index (χ4v) is 3.09. The summed E-state index contributed by atoms with van der Waals surface area (Å²) in [6.07, 6.45) is 0. The van der Waals surface area contributed by atoms with Crippen LogP contribution in [-0.4, -0.2) is 35.6 Å². The number of nitrogens with zero attached hydrogens (tertiary/aromatic N) is 2. The summed E-state index contributed by atoms with van der Waals surface area (Å²) in [4.78, 5) is 7.18. The van der Waals surface area contributed by atoms with Crippen LogP contribution in [0.4, 0.5) is 0 Å². The Kier molecular flexibility index (Phi) is 3.92. The molecular weight excluding hydrogens is 270 g/mol. The molecule has 3 nitrogen and oxygen atoms in total. The molecule has 0 unspecified atom stereocenters. The van der Waals surface area contributed by atoms with Crippen molar-refractivity contribution in [3.63, 3.8) is 0 Å². The third-order valence-electron chi connectivity index (χ3n) is 3.97. The summed E-state index contributed by atoms with van der Waals surface area (Å²) >= 11 is 6.52. The molecule has 4 heteroatoms. The van der Waals surface area contributed by atoms with Crippen molar-refractivity contribution in [3.05, 3.63) is 40.5 Å². The summed E-state index contributed by atoms with van der Waals surface area (Å²) in [7, 11) is 0. The van der Waals surface area contributed by atoms with Gasteiger partial charge in [-0.05, 0) is 25.5 Å². The van der Waals surface area contributed by atoms with Crippen LogP contribution in [0.5, 0.6) is 0 Å². The van der Waals surface area contributed by atoms with Gasteiger partial charge in [0.2, 0.25) is 0 Å². The third kappa shape index (κ3) is 2.66. The third-order valence-corrected chi connectivity index (χ3v) is 4.47. The van der Waals surface area contributed by atoms with Crippen LogP contribution in [0.3, 0.4) is 0 Å². The van der Waals surface area contributed by atoms with E-state index >= 15 is 0 Å². The van der Waals surface area contributed by atoms with Gasteiger partial charge in [0.05, 0.1) is 16.2 Å². The Labute approximate surface area is 124 Å². The second-order valence-corrected chi connectivity index (χ2v) is 5.98. The summed E-state index contributed by atoms with van der Waals surface area (Å²) in [6.45, 7) is 8.25. The lowest BCUT2D eigenvalue weighted by molar-refractivity contribution is 0.198. The zero-order valence-electron chi connectivity index (χ0n) is 12.0. The maximum Gasteiger partial charge on any atom is 0.0740 e. The van der Waals surface area contributed by atoms with Crippen molar-refractivity contribution < 1.29 is 0 Å². The number of aromatic nitrogens is 1. The number of nitrogens with one attached hydrogen (secondary N) is 1. The maximum atomic E-state index is 6.52. The van der Waals surface area contributed by atoms with E-state index in [9.17, 15) is 0 Å². The molecule has 3 rings (SSSR count). The first-order chi connectivity index (χ1) is 9.65.